The summed E-state index contributed by atoms with van der Waals surface area (Å²) in [6, 6.07) is 0. The van der Waals surface area contributed by atoms with Crippen LogP contribution < -0.4 is 0 Å². The Hall–Kier alpha value is -2.41. The molecule has 0 N–H and O–H groups in total. The molecule has 0 radical (unpaired) electrons. The summed E-state index contributed by atoms with van der Waals surface area (Å²) in [7, 11) is 1.92. The van der Waals surface area contributed by atoms with Gasteiger partial charge >= 0.3 is 0 Å². The Labute approximate surface area is 140 Å². The summed E-state index contributed by atoms with van der Waals surface area (Å²) in [5.41, 5.74) is 6.77. The van der Waals surface area contributed by atoms with Crippen LogP contribution in [0, 0.1) is 6.92 Å². The van der Waals surface area contributed by atoms with Gasteiger partial charge in [0.1, 0.15) is 5.69 Å². The lowest BCUT2D eigenvalue weighted by molar-refractivity contribution is 0.145. The molecule has 0 spiro atoms. The van der Waals surface area contributed by atoms with Crippen LogP contribution in [0.15, 0.2) is 18.6 Å². The van der Waals surface area contributed by atoms with E-state index in [1.54, 1.807) is 4.68 Å². The predicted molar refractivity (Wildman–Crippen MR) is 90.2 cm³/mol. The average Bonchev–Trinajstić information content (AvgIpc) is 3.20. The molecule has 7 heteroatoms. The predicted octanol–water partition coefficient (Wildman–Crippen LogP) is 1.91. The van der Waals surface area contributed by atoms with Crippen molar-refractivity contribution in [3.63, 3.8) is 0 Å². The van der Waals surface area contributed by atoms with E-state index in [-0.39, 0.29) is 0 Å². The lowest BCUT2D eigenvalue weighted by Crippen LogP contribution is -2.04. The van der Waals surface area contributed by atoms with E-state index in [0.717, 1.165) is 55.2 Å². The minimum absolute atomic E-state index is 0.728. The molecule has 1 aliphatic heterocycles. The average molecular weight is 326 g/mol. The molecule has 0 bridgehead atoms. The molecule has 0 aliphatic carbocycles. The minimum atomic E-state index is 0.728. The number of ether oxygens (including phenoxy) is 1. The summed E-state index contributed by atoms with van der Waals surface area (Å²) < 4.78 is 11.5. The smallest absolute Gasteiger partial charge is 0.103 e. The molecule has 0 unspecified atom stereocenters. The second-order valence-corrected chi connectivity index (χ2v) is 6.13. The summed E-state index contributed by atoms with van der Waals surface area (Å²) in [5.74, 6) is 0. The van der Waals surface area contributed by atoms with Crippen molar-refractivity contribution >= 4 is 0 Å². The molecule has 0 atom stereocenters. The van der Waals surface area contributed by atoms with Crippen molar-refractivity contribution in [2.75, 3.05) is 13.2 Å². The van der Waals surface area contributed by atoms with E-state index in [9.17, 15) is 0 Å². The number of nitrogens with zero attached hydrogens (tertiary/aromatic N) is 6. The summed E-state index contributed by atoms with van der Waals surface area (Å²) in [6.07, 6.45) is 7.51. The quantitative estimate of drug-likeness (QED) is 0.738. The number of aromatic nitrogens is 6. The van der Waals surface area contributed by atoms with Gasteiger partial charge in [-0.15, -0.1) is 0 Å². The zero-order valence-corrected chi connectivity index (χ0v) is 14.4. The maximum atomic E-state index is 5.70. The van der Waals surface area contributed by atoms with Crippen LogP contribution in [0.3, 0.4) is 0 Å². The Kier molecular flexibility index (Phi) is 3.72. The van der Waals surface area contributed by atoms with E-state index >= 15 is 0 Å². The Morgan fingerprint density at radius 2 is 2.00 bits per heavy atom. The first kappa shape index (κ1) is 15.1. The summed E-state index contributed by atoms with van der Waals surface area (Å²) >= 11 is 0. The van der Waals surface area contributed by atoms with Crippen molar-refractivity contribution in [2.45, 2.75) is 33.2 Å². The highest BCUT2D eigenvalue weighted by atomic mass is 16.5. The second-order valence-electron chi connectivity index (χ2n) is 6.13. The molecule has 126 valence electrons. The highest BCUT2D eigenvalue weighted by molar-refractivity contribution is 5.67. The fraction of sp³-hybridized carbons (Fsp3) is 0.471. The SMILES string of the molecule is CCn1ncc(-c2nn(-c3cnn(C)c3)c3c2CCOCC3)c1C. The zero-order chi connectivity index (χ0) is 16.7. The number of hydrogen-bond donors (Lipinski definition) is 0. The maximum Gasteiger partial charge on any atom is 0.103 e. The van der Waals surface area contributed by atoms with Crippen LogP contribution in [0.1, 0.15) is 23.9 Å². The molecule has 0 aromatic carbocycles. The van der Waals surface area contributed by atoms with E-state index in [2.05, 4.69) is 24.0 Å². The Bertz CT molecular complexity index is 872. The van der Waals surface area contributed by atoms with Gasteiger partial charge in [0.2, 0.25) is 0 Å². The molecule has 24 heavy (non-hydrogen) atoms. The van der Waals surface area contributed by atoms with E-state index in [1.165, 1.54) is 11.3 Å². The van der Waals surface area contributed by atoms with Crippen LogP contribution >= 0.6 is 0 Å². The Morgan fingerprint density at radius 3 is 2.71 bits per heavy atom. The van der Waals surface area contributed by atoms with Crippen LogP contribution in [-0.2, 0) is 31.2 Å². The standard InChI is InChI=1S/C17H22N6O/c1-4-22-12(2)15(10-19-22)17-14-5-7-24-8-6-16(14)23(20-17)13-9-18-21(3)11-13/h9-11H,4-8H2,1-3H3. The van der Waals surface area contributed by atoms with Crippen LogP contribution in [0.25, 0.3) is 16.9 Å². The first-order valence-electron chi connectivity index (χ1n) is 8.39. The number of hydrogen-bond acceptors (Lipinski definition) is 4. The van der Waals surface area contributed by atoms with Gasteiger partial charge in [0.25, 0.3) is 0 Å². The molecule has 4 heterocycles. The monoisotopic (exact) mass is 326 g/mol. The highest BCUT2D eigenvalue weighted by Crippen LogP contribution is 2.31. The molecule has 0 saturated carbocycles. The molecule has 3 aromatic rings. The van der Waals surface area contributed by atoms with Crippen molar-refractivity contribution < 1.29 is 4.74 Å². The van der Waals surface area contributed by atoms with Crippen LogP contribution in [0.2, 0.25) is 0 Å². The van der Waals surface area contributed by atoms with E-state index in [4.69, 9.17) is 9.84 Å². The first-order chi connectivity index (χ1) is 11.7. The third-order valence-electron chi connectivity index (χ3n) is 4.66. The van der Waals surface area contributed by atoms with Gasteiger partial charge in [0.15, 0.2) is 0 Å². The van der Waals surface area contributed by atoms with Crippen LogP contribution in [-0.4, -0.2) is 42.6 Å². The van der Waals surface area contributed by atoms with Gasteiger partial charge in [-0.3, -0.25) is 9.36 Å². The van der Waals surface area contributed by atoms with E-state index in [1.807, 2.05) is 35.0 Å². The fourth-order valence-corrected chi connectivity index (χ4v) is 3.40. The van der Waals surface area contributed by atoms with Gasteiger partial charge in [-0.25, -0.2) is 4.68 Å². The van der Waals surface area contributed by atoms with E-state index in [0.29, 0.717) is 0 Å². The highest BCUT2D eigenvalue weighted by Gasteiger charge is 2.24. The molecule has 4 rings (SSSR count). The largest absolute Gasteiger partial charge is 0.381 e. The molecular formula is C17H22N6O. The van der Waals surface area contributed by atoms with Gasteiger partial charge in [0, 0.05) is 36.8 Å². The topological polar surface area (TPSA) is 62.7 Å². The van der Waals surface area contributed by atoms with Gasteiger partial charge in [0.05, 0.1) is 43.2 Å². The Balaban J connectivity index is 1.91. The number of aryl methyl sites for hydroxylation is 2. The van der Waals surface area contributed by atoms with Crippen molar-refractivity contribution in [3.05, 3.63) is 35.5 Å². The van der Waals surface area contributed by atoms with Gasteiger partial charge < -0.3 is 4.74 Å². The molecule has 0 saturated heterocycles. The van der Waals surface area contributed by atoms with Crippen LogP contribution in [0.5, 0.6) is 0 Å². The molecule has 7 nitrogen and oxygen atoms in total. The number of fused-ring (bicyclic) bond motifs is 1. The second kappa shape index (κ2) is 5.90. The van der Waals surface area contributed by atoms with Gasteiger partial charge in [-0.2, -0.15) is 15.3 Å². The molecule has 0 amide bonds. The third-order valence-corrected chi connectivity index (χ3v) is 4.66. The van der Waals surface area contributed by atoms with E-state index < -0.39 is 0 Å². The Morgan fingerprint density at radius 1 is 1.17 bits per heavy atom. The van der Waals surface area contributed by atoms with Crippen LogP contribution in [0.4, 0.5) is 0 Å². The van der Waals surface area contributed by atoms with Crippen molar-refractivity contribution in [3.8, 4) is 16.9 Å². The first-order valence-corrected chi connectivity index (χ1v) is 8.39. The summed E-state index contributed by atoms with van der Waals surface area (Å²) in [5, 5.41) is 13.7. The van der Waals surface area contributed by atoms with Crippen molar-refractivity contribution in [1.29, 1.82) is 0 Å². The van der Waals surface area contributed by atoms with Crippen molar-refractivity contribution in [2.24, 2.45) is 7.05 Å². The maximum absolute atomic E-state index is 5.70. The molecule has 0 fully saturated rings. The summed E-state index contributed by atoms with van der Waals surface area (Å²) in [6.45, 7) is 6.53. The summed E-state index contributed by atoms with van der Waals surface area (Å²) in [4.78, 5) is 0. The van der Waals surface area contributed by atoms with Gasteiger partial charge in [-0.05, 0) is 20.3 Å². The van der Waals surface area contributed by atoms with Crippen molar-refractivity contribution in [1.82, 2.24) is 29.3 Å². The lowest BCUT2D eigenvalue weighted by Gasteiger charge is -2.03. The molecular weight excluding hydrogens is 304 g/mol. The molecule has 3 aromatic heterocycles. The zero-order valence-electron chi connectivity index (χ0n) is 14.4. The third kappa shape index (κ3) is 2.36. The number of rotatable bonds is 3. The normalized spacial score (nSPS) is 14.6. The lowest BCUT2D eigenvalue weighted by atomic mass is 10.0. The van der Waals surface area contributed by atoms with Gasteiger partial charge in [-0.1, -0.05) is 0 Å². The molecule has 1 aliphatic rings. The fourth-order valence-electron chi connectivity index (χ4n) is 3.40. The minimum Gasteiger partial charge on any atom is -0.381 e.